The molecule has 0 saturated heterocycles. The average molecular weight is 746 g/mol. The molecule has 12 heteroatoms. The molecule has 0 fully saturated rings. The van der Waals surface area contributed by atoms with Gasteiger partial charge < -0.3 is 31.1 Å². The quantitative estimate of drug-likeness (QED) is 0.157. The molecule has 2 amide bonds. The van der Waals surface area contributed by atoms with E-state index in [9.17, 15) is 34.8 Å². The molecule has 0 saturated carbocycles. The van der Waals surface area contributed by atoms with Crippen molar-refractivity contribution in [2.45, 2.75) is 25.7 Å². The summed E-state index contributed by atoms with van der Waals surface area (Å²) in [6.07, 6.45) is 0. The van der Waals surface area contributed by atoms with Gasteiger partial charge in [0.25, 0.3) is 5.91 Å². The summed E-state index contributed by atoms with van der Waals surface area (Å²) < 4.78 is 0.770. The topological polar surface area (TPSA) is 156 Å². The van der Waals surface area contributed by atoms with Crippen LogP contribution in [-0.4, -0.2) is 63.6 Å². The van der Waals surface area contributed by atoms with Crippen LogP contribution in [0.3, 0.4) is 0 Å². The average Bonchev–Trinajstić information content (AvgIpc) is 2.70. The number of carboxylic acids is 1. The molecular formula is C17H21I3N2O7. The Kier molecular flexibility index (Phi) is 11.0. The summed E-state index contributed by atoms with van der Waals surface area (Å²) in [7, 11) is 0. The Labute approximate surface area is 208 Å². The monoisotopic (exact) mass is 746 g/mol. The summed E-state index contributed by atoms with van der Waals surface area (Å²) in [5.41, 5.74) is -0.333. The summed E-state index contributed by atoms with van der Waals surface area (Å²) in [5.74, 6) is -2.40. The third-order valence-corrected chi connectivity index (χ3v) is 6.53. The van der Waals surface area contributed by atoms with Gasteiger partial charge in [0, 0.05) is 25.8 Å². The summed E-state index contributed by atoms with van der Waals surface area (Å²) in [4.78, 5) is 37.0. The molecule has 0 aliphatic heterocycles. The highest BCUT2D eigenvalue weighted by molar-refractivity contribution is 14.1. The van der Waals surface area contributed by atoms with Gasteiger partial charge in [-0.15, -0.1) is 0 Å². The van der Waals surface area contributed by atoms with Crippen molar-refractivity contribution in [3.8, 4) is 0 Å². The lowest BCUT2D eigenvalue weighted by Gasteiger charge is -2.30. The molecule has 1 aromatic carbocycles. The molecule has 0 atom stereocenters. The molecule has 162 valence electrons. The van der Waals surface area contributed by atoms with Crippen molar-refractivity contribution < 1.29 is 34.8 Å². The van der Waals surface area contributed by atoms with E-state index in [1.165, 1.54) is 6.92 Å². The highest BCUT2D eigenvalue weighted by atomic mass is 127. The van der Waals surface area contributed by atoms with Gasteiger partial charge in [-0.25, -0.2) is 4.79 Å². The van der Waals surface area contributed by atoms with Gasteiger partial charge in [-0.1, -0.05) is 67.8 Å². The standard InChI is InChI=1S/C17H21I3N2O7/c1-8(26)21-14-10(3-19)12(15(27)22-17(5-23,6-24)7-25)9(2-18)13(16(28)29)11(14)4-20/h23-25H,2-7H2,1H3,(H,21,26)(H,22,27)(H,28,29). The summed E-state index contributed by atoms with van der Waals surface area (Å²) in [5, 5.41) is 43.5. The first-order valence-corrected chi connectivity index (χ1v) is 12.8. The van der Waals surface area contributed by atoms with Crippen LogP contribution in [0.2, 0.25) is 0 Å². The molecule has 0 aromatic heterocycles. The number of anilines is 1. The van der Waals surface area contributed by atoms with E-state index in [-0.39, 0.29) is 35.7 Å². The van der Waals surface area contributed by atoms with Crippen LogP contribution in [0.1, 0.15) is 44.3 Å². The minimum absolute atomic E-state index is 0.0447. The highest BCUT2D eigenvalue weighted by Crippen LogP contribution is 2.37. The smallest absolute Gasteiger partial charge is 0.336 e. The van der Waals surface area contributed by atoms with Gasteiger partial charge in [-0.2, -0.15) is 0 Å². The fourth-order valence-corrected chi connectivity index (χ4v) is 5.04. The molecule has 0 bridgehead atoms. The maximum Gasteiger partial charge on any atom is 0.336 e. The Hall–Kier alpha value is -0.300. The van der Waals surface area contributed by atoms with Crippen LogP contribution in [0.4, 0.5) is 5.69 Å². The molecule has 0 spiro atoms. The summed E-state index contributed by atoms with van der Waals surface area (Å²) in [6.45, 7) is -0.877. The normalized spacial score (nSPS) is 11.3. The number of aliphatic hydroxyl groups is 3. The fraction of sp³-hybridized carbons (Fsp3) is 0.471. The molecule has 1 aromatic rings. The Morgan fingerprint density at radius 3 is 1.66 bits per heavy atom. The Balaban J connectivity index is 3.92. The van der Waals surface area contributed by atoms with Crippen molar-refractivity contribution in [2.24, 2.45) is 0 Å². The minimum atomic E-state index is -1.68. The van der Waals surface area contributed by atoms with E-state index >= 15 is 0 Å². The number of amides is 2. The second kappa shape index (κ2) is 11.9. The van der Waals surface area contributed by atoms with Crippen molar-refractivity contribution >= 4 is 91.2 Å². The number of benzene rings is 1. The lowest BCUT2D eigenvalue weighted by atomic mass is 9.89. The van der Waals surface area contributed by atoms with Crippen molar-refractivity contribution in [3.05, 3.63) is 27.8 Å². The number of alkyl halides is 3. The molecule has 0 unspecified atom stereocenters. The number of nitrogens with one attached hydrogen (secondary N) is 2. The lowest BCUT2D eigenvalue weighted by molar-refractivity contribution is -0.114. The maximum absolute atomic E-state index is 13.2. The molecule has 9 nitrogen and oxygen atoms in total. The molecule has 0 heterocycles. The van der Waals surface area contributed by atoms with Crippen LogP contribution in [0.5, 0.6) is 0 Å². The van der Waals surface area contributed by atoms with Crippen LogP contribution < -0.4 is 10.6 Å². The lowest BCUT2D eigenvalue weighted by Crippen LogP contribution is -2.57. The van der Waals surface area contributed by atoms with E-state index < -0.39 is 43.1 Å². The zero-order chi connectivity index (χ0) is 22.4. The predicted octanol–water partition coefficient (Wildman–Crippen LogP) is 1.59. The van der Waals surface area contributed by atoms with E-state index in [4.69, 9.17) is 0 Å². The molecular weight excluding hydrogens is 725 g/mol. The molecule has 0 aliphatic carbocycles. The number of carboxylic acid groups (broad SMARTS) is 1. The fourth-order valence-electron chi connectivity index (χ4n) is 2.75. The first-order valence-electron chi connectivity index (χ1n) is 8.21. The van der Waals surface area contributed by atoms with Gasteiger partial charge in [-0.3, -0.25) is 9.59 Å². The molecule has 6 N–H and O–H groups in total. The largest absolute Gasteiger partial charge is 0.478 e. The van der Waals surface area contributed by atoms with Gasteiger partial charge in [0.05, 0.1) is 36.6 Å². The van der Waals surface area contributed by atoms with Crippen LogP contribution in [0.25, 0.3) is 0 Å². The van der Waals surface area contributed by atoms with Crippen LogP contribution in [-0.2, 0) is 18.1 Å². The Morgan fingerprint density at radius 1 is 0.862 bits per heavy atom. The molecule has 1 rings (SSSR count). The second-order valence-electron chi connectivity index (χ2n) is 6.16. The third kappa shape index (κ3) is 5.90. The van der Waals surface area contributed by atoms with E-state index in [0.29, 0.717) is 11.1 Å². The molecule has 0 aliphatic rings. The highest BCUT2D eigenvalue weighted by Gasteiger charge is 2.34. The van der Waals surface area contributed by atoms with Gasteiger partial charge in [-0.05, 0) is 11.1 Å². The second-order valence-corrected chi connectivity index (χ2v) is 8.45. The molecule has 29 heavy (non-hydrogen) atoms. The molecule has 0 radical (unpaired) electrons. The SMILES string of the molecule is CC(=O)Nc1c(CI)c(C(=O)O)c(CI)c(C(=O)NC(CO)(CO)CO)c1CI. The Morgan fingerprint density at radius 2 is 1.31 bits per heavy atom. The predicted molar refractivity (Wildman–Crippen MR) is 132 cm³/mol. The van der Waals surface area contributed by atoms with Crippen LogP contribution in [0.15, 0.2) is 0 Å². The number of carbonyl (C=O) groups is 3. The minimum Gasteiger partial charge on any atom is -0.478 e. The maximum atomic E-state index is 13.2. The third-order valence-electron chi connectivity index (χ3n) is 4.24. The van der Waals surface area contributed by atoms with Crippen LogP contribution in [0, 0.1) is 0 Å². The van der Waals surface area contributed by atoms with Gasteiger partial charge in [0.2, 0.25) is 5.91 Å². The summed E-state index contributed by atoms with van der Waals surface area (Å²) in [6, 6.07) is 0. The van der Waals surface area contributed by atoms with Crippen molar-refractivity contribution in [2.75, 3.05) is 25.1 Å². The number of aliphatic hydroxyl groups excluding tert-OH is 3. The number of aromatic carboxylic acids is 1. The zero-order valence-electron chi connectivity index (χ0n) is 15.4. The van der Waals surface area contributed by atoms with Crippen molar-refractivity contribution in [3.63, 3.8) is 0 Å². The summed E-state index contributed by atoms with van der Waals surface area (Å²) >= 11 is 5.97. The van der Waals surface area contributed by atoms with E-state index in [1.54, 1.807) is 0 Å². The van der Waals surface area contributed by atoms with Crippen LogP contribution >= 0.6 is 67.8 Å². The zero-order valence-corrected chi connectivity index (χ0v) is 21.9. The van der Waals surface area contributed by atoms with Crippen molar-refractivity contribution in [1.29, 1.82) is 0 Å². The number of halogens is 3. The first-order chi connectivity index (χ1) is 13.7. The number of carbonyl (C=O) groups excluding carboxylic acids is 2. The number of rotatable bonds is 10. The van der Waals surface area contributed by atoms with Gasteiger partial charge in [0.1, 0.15) is 5.54 Å². The Bertz CT molecular complexity index is 790. The number of hydrogen-bond donors (Lipinski definition) is 6. The van der Waals surface area contributed by atoms with E-state index in [2.05, 4.69) is 10.6 Å². The van der Waals surface area contributed by atoms with E-state index in [0.717, 1.165) is 0 Å². The van der Waals surface area contributed by atoms with E-state index in [1.807, 2.05) is 67.8 Å². The van der Waals surface area contributed by atoms with Gasteiger partial charge >= 0.3 is 5.97 Å². The van der Waals surface area contributed by atoms with Crippen molar-refractivity contribution in [1.82, 2.24) is 5.32 Å². The number of hydrogen-bond acceptors (Lipinski definition) is 6. The van der Waals surface area contributed by atoms with Gasteiger partial charge in [0.15, 0.2) is 0 Å². The first kappa shape index (κ1) is 26.7.